The molecule has 3 heteroatoms. The lowest BCUT2D eigenvalue weighted by Crippen LogP contribution is -2.45. The summed E-state index contributed by atoms with van der Waals surface area (Å²) in [4.78, 5) is 12.0. The number of hydrogen-bond donors (Lipinski definition) is 2. The average Bonchev–Trinajstić information content (AvgIpc) is 2.45. The van der Waals surface area contributed by atoms with Gasteiger partial charge in [-0.3, -0.25) is 4.79 Å². The van der Waals surface area contributed by atoms with Gasteiger partial charge < -0.3 is 11.1 Å². The van der Waals surface area contributed by atoms with Gasteiger partial charge in [0.05, 0.1) is 12.1 Å². The summed E-state index contributed by atoms with van der Waals surface area (Å²) in [6, 6.07) is 7.91. The van der Waals surface area contributed by atoms with Crippen molar-refractivity contribution in [2.75, 3.05) is 0 Å². The maximum Gasteiger partial charge on any atom is 0.237 e. The van der Waals surface area contributed by atoms with Crippen molar-refractivity contribution >= 4 is 5.91 Å². The summed E-state index contributed by atoms with van der Waals surface area (Å²) < 4.78 is 0. The number of amides is 1. The first-order valence-corrected chi connectivity index (χ1v) is 7.14. The third-order valence-corrected chi connectivity index (χ3v) is 3.81. The van der Waals surface area contributed by atoms with Crippen LogP contribution < -0.4 is 11.1 Å². The van der Waals surface area contributed by atoms with Gasteiger partial charge in [0.2, 0.25) is 5.91 Å². The molecule has 3 atom stereocenters. The van der Waals surface area contributed by atoms with E-state index in [-0.39, 0.29) is 17.9 Å². The van der Waals surface area contributed by atoms with E-state index in [9.17, 15) is 4.79 Å². The molecule has 0 aliphatic heterocycles. The summed E-state index contributed by atoms with van der Waals surface area (Å²) in [6.07, 6.45) is 1.94. The molecule has 1 aromatic rings. The smallest absolute Gasteiger partial charge is 0.237 e. The summed E-state index contributed by atoms with van der Waals surface area (Å²) in [6.45, 7) is 8.17. The van der Waals surface area contributed by atoms with Crippen molar-refractivity contribution in [2.45, 2.75) is 52.6 Å². The Labute approximate surface area is 116 Å². The van der Waals surface area contributed by atoms with Crippen molar-refractivity contribution < 1.29 is 4.79 Å². The fourth-order valence-corrected chi connectivity index (χ4v) is 1.95. The Morgan fingerprint density at radius 1 is 1.21 bits per heavy atom. The van der Waals surface area contributed by atoms with Gasteiger partial charge >= 0.3 is 0 Å². The van der Waals surface area contributed by atoms with E-state index in [1.54, 1.807) is 0 Å². The van der Waals surface area contributed by atoms with Gasteiger partial charge in [0.25, 0.3) is 0 Å². The number of carbonyl (C=O) groups is 1. The predicted octanol–water partition coefficient (Wildman–Crippen LogP) is 2.80. The van der Waals surface area contributed by atoms with Gasteiger partial charge in [0.15, 0.2) is 0 Å². The second-order valence-corrected chi connectivity index (χ2v) is 5.24. The fourth-order valence-electron chi connectivity index (χ4n) is 1.95. The van der Waals surface area contributed by atoms with Crippen molar-refractivity contribution in [1.29, 1.82) is 0 Å². The van der Waals surface area contributed by atoms with E-state index in [0.29, 0.717) is 0 Å². The number of nitrogens with two attached hydrogens (primary N) is 1. The summed E-state index contributed by atoms with van der Waals surface area (Å²) in [5.41, 5.74) is 8.35. The number of carbonyl (C=O) groups excluding carboxylic acids is 1. The molecule has 0 aliphatic rings. The normalized spacial score (nSPS) is 15.6. The largest absolute Gasteiger partial charge is 0.348 e. The first-order chi connectivity index (χ1) is 8.99. The van der Waals surface area contributed by atoms with E-state index in [0.717, 1.165) is 18.4 Å². The first kappa shape index (κ1) is 15.7. The van der Waals surface area contributed by atoms with Crippen molar-refractivity contribution in [2.24, 2.45) is 11.7 Å². The summed E-state index contributed by atoms with van der Waals surface area (Å²) >= 11 is 0. The van der Waals surface area contributed by atoms with Crippen LogP contribution >= 0.6 is 0 Å². The number of aryl methyl sites for hydroxylation is 1. The zero-order valence-electron chi connectivity index (χ0n) is 12.4. The zero-order chi connectivity index (χ0) is 14.4. The molecule has 0 fully saturated rings. The minimum absolute atomic E-state index is 0.00601. The first-order valence-electron chi connectivity index (χ1n) is 7.14. The van der Waals surface area contributed by atoms with Gasteiger partial charge in [-0.1, -0.05) is 51.5 Å². The molecular formula is C16H26N2O. The highest BCUT2D eigenvalue weighted by Gasteiger charge is 2.21. The van der Waals surface area contributed by atoms with Crippen LogP contribution in [0.4, 0.5) is 0 Å². The molecule has 0 saturated carbocycles. The molecule has 0 heterocycles. The lowest BCUT2D eigenvalue weighted by Gasteiger charge is -2.21. The molecule has 106 valence electrons. The highest BCUT2D eigenvalue weighted by Crippen LogP contribution is 2.15. The van der Waals surface area contributed by atoms with Crippen LogP contribution in [0.25, 0.3) is 0 Å². The SMILES string of the molecule is CCc1ccc(C(C)NC(=O)[C@@H](N)C(C)CC)cc1. The minimum atomic E-state index is -0.428. The van der Waals surface area contributed by atoms with Gasteiger partial charge in [0, 0.05) is 0 Å². The maximum absolute atomic E-state index is 12.0. The van der Waals surface area contributed by atoms with Crippen LogP contribution in [0.3, 0.4) is 0 Å². The molecule has 19 heavy (non-hydrogen) atoms. The van der Waals surface area contributed by atoms with Crippen molar-refractivity contribution in [1.82, 2.24) is 5.32 Å². The second-order valence-electron chi connectivity index (χ2n) is 5.24. The Bertz CT molecular complexity index is 400. The Balaban J connectivity index is 2.63. The van der Waals surface area contributed by atoms with Crippen LogP contribution in [0.15, 0.2) is 24.3 Å². The molecule has 1 amide bonds. The van der Waals surface area contributed by atoms with E-state index in [1.807, 2.05) is 20.8 Å². The Kier molecular flexibility index (Phi) is 6.03. The third-order valence-electron chi connectivity index (χ3n) is 3.81. The minimum Gasteiger partial charge on any atom is -0.348 e. The quantitative estimate of drug-likeness (QED) is 0.828. The molecule has 0 spiro atoms. The zero-order valence-corrected chi connectivity index (χ0v) is 12.4. The Hall–Kier alpha value is -1.35. The maximum atomic E-state index is 12.0. The lowest BCUT2D eigenvalue weighted by molar-refractivity contribution is -0.124. The van der Waals surface area contributed by atoms with Crippen LogP contribution in [0, 0.1) is 5.92 Å². The molecule has 3 N–H and O–H groups in total. The molecule has 0 aromatic heterocycles. The Morgan fingerprint density at radius 2 is 1.79 bits per heavy atom. The second kappa shape index (κ2) is 7.29. The van der Waals surface area contributed by atoms with E-state index >= 15 is 0 Å². The van der Waals surface area contributed by atoms with Gasteiger partial charge in [-0.2, -0.15) is 0 Å². The van der Waals surface area contributed by atoms with Crippen LogP contribution in [0.2, 0.25) is 0 Å². The van der Waals surface area contributed by atoms with Crippen LogP contribution in [-0.2, 0) is 11.2 Å². The lowest BCUT2D eigenvalue weighted by atomic mass is 9.98. The van der Waals surface area contributed by atoms with Crippen molar-refractivity contribution in [3.63, 3.8) is 0 Å². The van der Waals surface area contributed by atoms with Crippen molar-refractivity contribution in [3.8, 4) is 0 Å². The van der Waals surface area contributed by atoms with Crippen LogP contribution in [0.5, 0.6) is 0 Å². The molecule has 1 aromatic carbocycles. The molecule has 3 nitrogen and oxygen atoms in total. The summed E-state index contributed by atoms with van der Waals surface area (Å²) in [7, 11) is 0. The van der Waals surface area contributed by atoms with Gasteiger partial charge in [-0.05, 0) is 30.4 Å². The van der Waals surface area contributed by atoms with Crippen LogP contribution in [0.1, 0.15) is 51.3 Å². The molecular weight excluding hydrogens is 236 g/mol. The summed E-state index contributed by atoms with van der Waals surface area (Å²) in [5.74, 6) is 0.135. The van der Waals surface area contributed by atoms with Gasteiger partial charge in [-0.15, -0.1) is 0 Å². The molecule has 0 bridgehead atoms. The molecule has 1 rings (SSSR count). The molecule has 0 saturated heterocycles. The van der Waals surface area contributed by atoms with Crippen molar-refractivity contribution in [3.05, 3.63) is 35.4 Å². The van der Waals surface area contributed by atoms with Gasteiger partial charge in [0.1, 0.15) is 0 Å². The summed E-state index contributed by atoms with van der Waals surface area (Å²) in [5, 5.41) is 2.98. The van der Waals surface area contributed by atoms with Crippen LogP contribution in [-0.4, -0.2) is 11.9 Å². The monoisotopic (exact) mass is 262 g/mol. The Morgan fingerprint density at radius 3 is 2.26 bits per heavy atom. The number of nitrogens with one attached hydrogen (secondary N) is 1. The highest BCUT2D eigenvalue weighted by molar-refractivity contribution is 5.82. The molecule has 2 unspecified atom stereocenters. The van der Waals surface area contributed by atoms with Gasteiger partial charge in [-0.25, -0.2) is 0 Å². The number of rotatable bonds is 6. The standard InChI is InChI=1S/C16H26N2O/c1-5-11(3)15(17)16(19)18-12(4)14-9-7-13(6-2)8-10-14/h7-12,15H,5-6,17H2,1-4H3,(H,18,19)/t11?,12?,15-/m0/s1. The van der Waals surface area contributed by atoms with E-state index in [2.05, 4.69) is 36.5 Å². The average molecular weight is 262 g/mol. The molecule has 0 aliphatic carbocycles. The van der Waals surface area contributed by atoms with E-state index in [1.165, 1.54) is 5.56 Å². The predicted molar refractivity (Wildman–Crippen MR) is 79.8 cm³/mol. The van der Waals surface area contributed by atoms with E-state index in [4.69, 9.17) is 5.73 Å². The molecule has 0 radical (unpaired) electrons. The number of hydrogen-bond acceptors (Lipinski definition) is 2. The third kappa shape index (κ3) is 4.35. The topological polar surface area (TPSA) is 55.1 Å². The number of benzene rings is 1. The van der Waals surface area contributed by atoms with E-state index < -0.39 is 6.04 Å². The highest BCUT2D eigenvalue weighted by atomic mass is 16.2. The fraction of sp³-hybridized carbons (Fsp3) is 0.562.